The molecule has 5 nitrogen and oxygen atoms in total. The molecule has 2 aromatic rings. The molecule has 2 rings (SSSR count). The van der Waals surface area contributed by atoms with Crippen molar-refractivity contribution in [2.45, 2.75) is 0 Å². The molecular formula is C13H15N3O2. The van der Waals surface area contributed by atoms with E-state index in [4.69, 9.17) is 10.8 Å². The number of para-hydroxylation sites is 1. The smallest absolute Gasteiger partial charge is 0.272 e. The van der Waals surface area contributed by atoms with Crippen LogP contribution in [0.3, 0.4) is 0 Å². The normalized spacial score (nSPS) is 10.6. The van der Waals surface area contributed by atoms with E-state index in [0.29, 0.717) is 16.9 Å². The first-order valence-corrected chi connectivity index (χ1v) is 5.65. The van der Waals surface area contributed by atoms with Crippen LogP contribution in [0.5, 0.6) is 0 Å². The van der Waals surface area contributed by atoms with Crippen molar-refractivity contribution in [1.82, 2.24) is 9.88 Å². The van der Waals surface area contributed by atoms with Gasteiger partial charge in [-0.3, -0.25) is 4.79 Å². The Kier molecular flexibility index (Phi) is 3.43. The van der Waals surface area contributed by atoms with Crippen molar-refractivity contribution in [1.29, 1.82) is 0 Å². The van der Waals surface area contributed by atoms with Crippen LogP contribution in [0.4, 0.5) is 5.69 Å². The fraction of sp³-hybridized carbons (Fsp3) is 0.231. The molecule has 0 spiro atoms. The molecule has 0 radical (unpaired) electrons. The highest BCUT2D eigenvalue weighted by Gasteiger charge is 2.13. The second kappa shape index (κ2) is 5.01. The molecule has 1 aromatic carbocycles. The van der Waals surface area contributed by atoms with Gasteiger partial charge in [-0.2, -0.15) is 0 Å². The molecule has 18 heavy (non-hydrogen) atoms. The number of rotatable bonds is 3. The van der Waals surface area contributed by atoms with Crippen molar-refractivity contribution in [2.24, 2.45) is 0 Å². The highest BCUT2D eigenvalue weighted by molar-refractivity contribution is 5.97. The quantitative estimate of drug-likeness (QED) is 0.787. The number of amides is 1. The van der Waals surface area contributed by atoms with Gasteiger partial charge in [0.1, 0.15) is 5.69 Å². The number of aromatic nitrogens is 1. The van der Waals surface area contributed by atoms with Crippen LogP contribution in [0.25, 0.3) is 10.9 Å². The maximum absolute atomic E-state index is 12.0. The molecule has 0 saturated carbocycles. The number of aliphatic hydroxyl groups is 1. The zero-order valence-corrected chi connectivity index (χ0v) is 10.1. The number of pyridine rings is 1. The molecule has 3 N–H and O–H groups in total. The summed E-state index contributed by atoms with van der Waals surface area (Å²) in [6, 6.07) is 8.97. The zero-order valence-electron chi connectivity index (χ0n) is 10.1. The van der Waals surface area contributed by atoms with E-state index in [0.717, 1.165) is 5.39 Å². The molecular weight excluding hydrogens is 230 g/mol. The Morgan fingerprint density at radius 3 is 2.89 bits per heavy atom. The lowest BCUT2D eigenvalue weighted by Crippen LogP contribution is -2.30. The number of likely N-dealkylation sites (N-methyl/N-ethyl adjacent to an activating group) is 1. The number of nitrogen functional groups attached to an aromatic ring is 1. The Hall–Kier alpha value is -2.14. The summed E-state index contributed by atoms with van der Waals surface area (Å²) in [7, 11) is 1.62. The minimum absolute atomic E-state index is 0.0715. The number of anilines is 1. The number of fused-ring (bicyclic) bond motifs is 1. The first-order valence-electron chi connectivity index (χ1n) is 5.65. The van der Waals surface area contributed by atoms with E-state index < -0.39 is 0 Å². The average molecular weight is 245 g/mol. The van der Waals surface area contributed by atoms with E-state index in [9.17, 15) is 4.79 Å². The highest BCUT2D eigenvalue weighted by atomic mass is 16.3. The van der Waals surface area contributed by atoms with Crippen molar-refractivity contribution in [3.63, 3.8) is 0 Å². The van der Waals surface area contributed by atoms with Crippen molar-refractivity contribution < 1.29 is 9.90 Å². The summed E-state index contributed by atoms with van der Waals surface area (Å²) in [4.78, 5) is 17.7. The summed E-state index contributed by atoms with van der Waals surface area (Å²) in [5.74, 6) is -0.228. The monoisotopic (exact) mass is 245 g/mol. The minimum Gasteiger partial charge on any atom is -0.397 e. The van der Waals surface area contributed by atoms with Crippen molar-refractivity contribution in [2.75, 3.05) is 25.9 Å². The number of nitrogens with two attached hydrogens (primary N) is 1. The topological polar surface area (TPSA) is 79.5 Å². The lowest BCUT2D eigenvalue weighted by molar-refractivity contribution is 0.0761. The summed E-state index contributed by atoms with van der Waals surface area (Å²) in [5, 5.41) is 9.71. The molecule has 5 heteroatoms. The highest BCUT2D eigenvalue weighted by Crippen LogP contribution is 2.19. The maximum Gasteiger partial charge on any atom is 0.272 e. The van der Waals surface area contributed by atoms with Crippen LogP contribution in [-0.4, -0.2) is 41.1 Å². The Balaban J connectivity index is 2.41. The molecule has 1 amide bonds. The third kappa shape index (κ3) is 2.26. The van der Waals surface area contributed by atoms with Crippen molar-refractivity contribution >= 4 is 22.5 Å². The molecule has 0 aliphatic carbocycles. The van der Waals surface area contributed by atoms with Gasteiger partial charge in [-0.1, -0.05) is 18.2 Å². The molecule has 1 aromatic heterocycles. The third-order valence-electron chi connectivity index (χ3n) is 2.75. The maximum atomic E-state index is 12.0. The predicted molar refractivity (Wildman–Crippen MR) is 70.2 cm³/mol. The van der Waals surface area contributed by atoms with Gasteiger partial charge in [-0.25, -0.2) is 4.98 Å². The second-order valence-electron chi connectivity index (χ2n) is 4.07. The molecule has 0 saturated heterocycles. The summed E-state index contributed by atoms with van der Waals surface area (Å²) in [6.45, 7) is 0.209. The van der Waals surface area contributed by atoms with Gasteiger partial charge < -0.3 is 15.7 Å². The van der Waals surface area contributed by atoms with E-state index in [1.807, 2.05) is 18.2 Å². The Labute approximate surface area is 105 Å². The third-order valence-corrected chi connectivity index (χ3v) is 2.75. The molecule has 0 fully saturated rings. The Morgan fingerprint density at radius 2 is 2.17 bits per heavy atom. The molecule has 0 atom stereocenters. The van der Waals surface area contributed by atoms with Crippen molar-refractivity contribution in [3.8, 4) is 0 Å². The predicted octanol–water partition coefficient (Wildman–Crippen LogP) is 0.881. The molecule has 0 aliphatic heterocycles. The van der Waals surface area contributed by atoms with Gasteiger partial charge in [0, 0.05) is 19.0 Å². The van der Waals surface area contributed by atoms with Gasteiger partial charge in [0.2, 0.25) is 0 Å². The van der Waals surface area contributed by atoms with E-state index in [1.165, 1.54) is 4.90 Å². The molecule has 1 heterocycles. The van der Waals surface area contributed by atoms with Gasteiger partial charge in [0.15, 0.2) is 0 Å². The first-order chi connectivity index (χ1) is 8.63. The number of aliphatic hydroxyl groups excluding tert-OH is 1. The SMILES string of the molecule is CN(CCO)C(=O)c1ccc2cccc(N)c2n1. The molecule has 0 unspecified atom stereocenters. The number of carbonyl (C=O) groups is 1. The van der Waals surface area contributed by atoms with Crippen LogP contribution in [0.15, 0.2) is 30.3 Å². The summed E-state index contributed by atoms with van der Waals surface area (Å²) in [6.07, 6.45) is 0. The number of nitrogens with zero attached hydrogens (tertiary/aromatic N) is 2. The Bertz CT molecular complexity index is 583. The van der Waals surface area contributed by atoms with Crippen LogP contribution in [-0.2, 0) is 0 Å². The van der Waals surface area contributed by atoms with Crippen LogP contribution in [0.2, 0.25) is 0 Å². The molecule has 0 aliphatic rings. The van der Waals surface area contributed by atoms with Gasteiger partial charge in [-0.05, 0) is 12.1 Å². The first kappa shape index (κ1) is 12.3. The number of benzene rings is 1. The fourth-order valence-electron chi connectivity index (χ4n) is 1.74. The largest absolute Gasteiger partial charge is 0.397 e. The van der Waals surface area contributed by atoms with E-state index in [1.54, 1.807) is 19.2 Å². The van der Waals surface area contributed by atoms with Gasteiger partial charge in [0.05, 0.1) is 17.8 Å². The van der Waals surface area contributed by atoms with Crippen molar-refractivity contribution in [3.05, 3.63) is 36.0 Å². The van der Waals surface area contributed by atoms with E-state index in [2.05, 4.69) is 4.98 Å². The number of hydrogen-bond donors (Lipinski definition) is 2. The number of hydrogen-bond acceptors (Lipinski definition) is 4. The van der Waals surface area contributed by atoms with Gasteiger partial charge in [-0.15, -0.1) is 0 Å². The fourth-order valence-corrected chi connectivity index (χ4v) is 1.74. The molecule has 94 valence electrons. The van der Waals surface area contributed by atoms with Crippen LogP contribution in [0, 0.1) is 0 Å². The van der Waals surface area contributed by atoms with E-state index >= 15 is 0 Å². The molecule has 0 bridgehead atoms. The van der Waals surface area contributed by atoms with Crippen LogP contribution in [0.1, 0.15) is 10.5 Å². The second-order valence-corrected chi connectivity index (χ2v) is 4.07. The van der Waals surface area contributed by atoms with Crippen LogP contribution < -0.4 is 5.73 Å². The Morgan fingerprint density at radius 1 is 1.39 bits per heavy atom. The van der Waals surface area contributed by atoms with Gasteiger partial charge >= 0.3 is 0 Å². The van der Waals surface area contributed by atoms with E-state index in [-0.39, 0.29) is 19.1 Å². The minimum atomic E-state index is -0.228. The zero-order chi connectivity index (χ0) is 13.1. The lowest BCUT2D eigenvalue weighted by atomic mass is 10.1. The van der Waals surface area contributed by atoms with Gasteiger partial charge in [0.25, 0.3) is 5.91 Å². The average Bonchev–Trinajstić information content (AvgIpc) is 2.38. The number of carbonyl (C=O) groups excluding carboxylic acids is 1. The van der Waals surface area contributed by atoms with Crippen LogP contribution >= 0.6 is 0 Å². The summed E-state index contributed by atoms with van der Waals surface area (Å²) >= 11 is 0. The lowest BCUT2D eigenvalue weighted by Gasteiger charge is -2.15. The standard InChI is InChI=1S/C13H15N3O2/c1-16(7-8-17)13(18)11-6-5-9-3-2-4-10(14)12(9)15-11/h2-6,17H,7-8,14H2,1H3. The summed E-state index contributed by atoms with van der Waals surface area (Å²) in [5.41, 5.74) is 7.34. The summed E-state index contributed by atoms with van der Waals surface area (Å²) < 4.78 is 0.